The molecule has 0 aromatic rings. The third-order valence-electron chi connectivity index (χ3n) is 3.79. The standard InChI is InChI=1S/C12H20ClNO/c13-9-11-7-4-8-14(11)12(15)10-5-2-1-3-6-10/h10-11H,1-9H2. The minimum absolute atomic E-state index is 0.308. The molecule has 3 heteroatoms. The van der Waals surface area contributed by atoms with Crippen molar-refractivity contribution in [2.75, 3.05) is 12.4 Å². The van der Waals surface area contributed by atoms with Gasteiger partial charge in [-0.3, -0.25) is 4.79 Å². The molecule has 1 amide bonds. The monoisotopic (exact) mass is 229 g/mol. The second-order valence-electron chi connectivity index (χ2n) is 4.82. The largest absolute Gasteiger partial charge is 0.338 e. The number of nitrogens with zero attached hydrogens (tertiary/aromatic N) is 1. The van der Waals surface area contributed by atoms with Gasteiger partial charge in [0.2, 0.25) is 5.91 Å². The molecule has 1 saturated carbocycles. The summed E-state index contributed by atoms with van der Waals surface area (Å²) in [6.45, 7) is 0.937. The molecule has 1 atom stereocenters. The van der Waals surface area contributed by atoms with Crippen molar-refractivity contribution in [1.82, 2.24) is 4.90 Å². The van der Waals surface area contributed by atoms with E-state index in [0.29, 0.717) is 23.7 Å². The first kappa shape index (κ1) is 11.3. The lowest BCUT2D eigenvalue weighted by Gasteiger charge is -2.29. The lowest BCUT2D eigenvalue weighted by Crippen LogP contribution is -2.41. The molecule has 1 heterocycles. The van der Waals surface area contributed by atoms with E-state index >= 15 is 0 Å². The van der Waals surface area contributed by atoms with Crippen LogP contribution in [0.25, 0.3) is 0 Å². The molecule has 0 aromatic heterocycles. The zero-order valence-corrected chi connectivity index (χ0v) is 10.0. The number of rotatable bonds is 2. The van der Waals surface area contributed by atoms with E-state index in [1.54, 1.807) is 0 Å². The van der Waals surface area contributed by atoms with Crippen LogP contribution < -0.4 is 0 Å². The Hall–Kier alpha value is -0.240. The molecule has 86 valence electrons. The highest BCUT2D eigenvalue weighted by atomic mass is 35.5. The molecule has 0 N–H and O–H groups in total. The topological polar surface area (TPSA) is 20.3 Å². The van der Waals surface area contributed by atoms with Gasteiger partial charge >= 0.3 is 0 Å². The Labute approximate surface area is 97.0 Å². The summed E-state index contributed by atoms with van der Waals surface area (Å²) in [7, 11) is 0. The van der Waals surface area contributed by atoms with Gasteiger partial charge in [0.25, 0.3) is 0 Å². The summed E-state index contributed by atoms with van der Waals surface area (Å²) in [6, 6.07) is 0.320. The van der Waals surface area contributed by atoms with Gasteiger partial charge in [-0.15, -0.1) is 11.6 Å². The number of carbonyl (C=O) groups is 1. The average molecular weight is 230 g/mol. The molecule has 0 aromatic carbocycles. The van der Waals surface area contributed by atoms with Gasteiger partial charge in [0.05, 0.1) is 0 Å². The Morgan fingerprint density at radius 2 is 1.87 bits per heavy atom. The van der Waals surface area contributed by atoms with Gasteiger partial charge < -0.3 is 4.90 Å². The first-order valence-corrected chi connectivity index (χ1v) is 6.73. The van der Waals surface area contributed by atoms with Crippen LogP contribution in [0.4, 0.5) is 0 Å². The molecular weight excluding hydrogens is 210 g/mol. The van der Waals surface area contributed by atoms with Gasteiger partial charge in [-0.25, -0.2) is 0 Å². The predicted molar refractivity (Wildman–Crippen MR) is 62.0 cm³/mol. The lowest BCUT2D eigenvalue weighted by molar-refractivity contribution is -0.137. The van der Waals surface area contributed by atoms with E-state index in [1.807, 2.05) is 4.90 Å². The van der Waals surface area contributed by atoms with Crippen LogP contribution in [0.1, 0.15) is 44.9 Å². The van der Waals surface area contributed by atoms with Crippen LogP contribution in [0.15, 0.2) is 0 Å². The fourth-order valence-corrected chi connectivity index (χ4v) is 3.19. The van der Waals surface area contributed by atoms with Crippen LogP contribution in [0.3, 0.4) is 0 Å². The van der Waals surface area contributed by atoms with E-state index in [9.17, 15) is 4.79 Å². The summed E-state index contributed by atoms with van der Waals surface area (Å²) in [5.41, 5.74) is 0. The third kappa shape index (κ3) is 2.47. The molecule has 0 bridgehead atoms. The maximum atomic E-state index is 12.2. The first-order chi connectivity index (χ1) is 7.33. The molecule has 0 radical (unpaired) electrons. The molecule has 2 nitrogen and oxygen atoms in total. The SMILES string of the molecule is O=C(C1CCCCC1)N1CCCC1CCl. The van der Waals surface area contributed by atoms with Crippen molar-refractivity contribution in [2.24, 2.45) is 5.92 Å². The molecule has 1 unspecified atom stereocenters. The van der Waals surface area contributed by atoms with Crippen molar-refractivity contribution < 1.29 is 4.79 Å². The van der Waals surface area contributed by atoms with E-state index in [0.717, 1.165) is 32.2 Å². The fraction of sp³-hybridized carbons (Fsp3) is 0.917. The van der Waals surface area contributed by atoms with Crippen molar-refractivity contribution in [3.8, 4) is 0 Å². The van der Waals surface area contributed by atoms with Crippen LogP contribution in [0.2, 0.25) is 0 Å². The van der Waals surface area contributed by atoms with E-state index in [-0.39, 0.29) is 0 Å². The van der Waals surface area contributed by atoms with E-state index in [4.69, 9.17) is 11.6 Å². The number of hydrogen-bond acceptors (Lipinski definition) is 1. The smallest absolute Gasteiger partial charge is 0.225 e. The zero-order chi connectivity index (χ0) is 10.7. The number of halogens is 1. The van der Waals surface area contributed by atoms with E-state index < -0.39 is 0 Å². The van der Waals surface area contributed by atoms with Crippen LogP contribution in [0.5, 0.6) is 0 Å². The summed E-state index contributed by atoms with van der Waals surface area (Å²) in [5, 5.41) is 0. The Bertz CT molecular complexity index is 226. The van der Waals surface area contributed by atoms with Crippen LogP contribution in [0, 0.1) is 5.92 Å². The normalized spacial score (nSPS) is 28.3. The van der Waals surface area contributed by atoms with Gasteiger partial charge in [0.1, 0.15) is 0 Å². The van der Waals surface area contributed by atoms with Crippen molar-refractivity contribution in [2.45, 2.75) is 51.0 Å². The van der Waals surface area contributed by atoms with Crippen LogP contribution >= 0.6 is 11.6 Å². The third-order valence-corrected chi connectivity index (χ3v) is 4.15. The second-order valence-corrected chi connectivity index (χ2v) is 5.13. The molecule has 1 saturated heterocycles. The van der Waals surface area contributed by atoms with Crippen LogP contribution in [-0.2, 0) is 4.79 Å². The fourth-order valence-electron chi connectivity index (χ4n) is 2.87. The Morgan fingerprint density at radius 1 is 1.13 bits per heavy atom. The van der Waals surface area contributed by atoms with Crippen LogP contribution in [-0.4, -0.2) is 29.3 Å². The zero-order valence-electron chi connectivity index (χ0n) is 9.25. The molecule has 1 aliphatic carbocycles. The molecule has 2 rings (SSSR count). The van der Waals surface area contributed by atoms with Gasteiger partial charge in [-0.2, -0.15) is 0 Å². The summed E-state index contributed by atoms with van der Waals surface area (Å²) in [6.07, 6.45) is 8.21. The quantitative estimate of drug-likeness (QED) is 0.667. The van der Waals surface area contributed by atoms with Gasteiger partial charge in [-0.05, 0) is 25.7 Å². The number of alkyl halides is 1. The highest BCUT2D eigenvalue weighted by Crippen LogP contribution is 2.28. The summed E-state index contributed by atoms with van der Waals surface area (Å²) in [4.78, 5) is 14.3. The maximum Gasteiger partial charge on any atom is 0.225 e. The molecule has 15 heavy (non-hydrogen) atoms. The molecule has 0 spiro atoms. The van der Waals surface area contributed by atoms with Gasteiger partial charge in [0.15, 0.2) is 0 Å². The maximum absolute atomic E-state index is 12.2. The highest BCUT2D eigenvalue weighted by molar-refractivity contribution is 6.18. The van der Waals surface area contributed by atoms with Crippen molar-refractivity contribution >= 4 is 17.5 Å². The number of carbonyl (C=O) groups excluding carboxylic acids is 1. The summed E-state index contributed by atoms with van der Waals surface area (Å²) < 4.78 is 0. The predicted octanol–water partition coefficient (Wildman–Crippen LogP) is 2.80. The number of likely N-dealkylation sites (tertiary alicyclic amines) is 1. The summed E-state index contributed by atoms with van der Waals surface area (Å²) >= 11 is 5.89. The number of amides is 1. The average Bonchev–Trinajstić information content (AvgIpc) is 2.77. The summed E-state index contributed by atoms with van der Waals surface area (Å²) in [5.74, 6) is 1.30. The minimum atomic E-state index is 0.308. The van der Waals surface area contributed by atoms with E-state index in [2.05, 4.69) is 0 Å². The lowest BCUT2D eigenvalue weighted by atomic mass is 9.88. The van der Waals surface area contributed by atoms with Crippen molar-refractivity contribution in [3.05, 3.63) is 0 Å². The number of hydrogen-bond donors (Lipinski definition) is 0. The Morgan fingerprint density at radius 3 is 2.53 bits per heavy atom. The minimum Gasteiger partial charge on any atom is -0.338 e. The second kappa shape index (κ2) is 5.20. The van der Waals surface area contributed by atoms with Crippen molar-refractivity contribution in [1.29, 1.82) is 0 Å². The molecule has 1 aliphatic heterocycles. The van der Waals surface area contributed by atoms with Gasteiger partial charge in [-0.1, -0.05) is 19.3 Å². The Kier molecular flexibility index (Phi) is 3.90. The van der Waals surface area contributed by atoms with E-state index in [1.165, 1.54) is 19.3 Å². The molecular formula is C12H20ClNO. The highest BCUT2D eigenvalue weighted by Gasteiger charge is 2.32. The molecule has 2 fully saturated rings. The van der Waals surface area contributed by atoms with Gasteiger partial charge in [0, 0.05) is 24.4 Å². The molecule has 2 aliphatic rings. The first-order valence-electron chi connectivity index (χ1n) is 6.19. The van der Waals surface area contributed by atoms with Crippen molar-refractivity contribution in [3.63, 3.8) is 0 Å². The Balaban J connectivity index is 1.93.